The first-order valence-electron chi connectivity index (χ1n) is 8.33. The van der Waals surface area contributed by atoms with Gasteiger partial charge in [0.2, 0.25) is 17.7 Å². The van der Waals surface area contributed by atoms with Gasteiger partial charge in [-0.1, -0.05) is 6.07 Å². The Morgan fingerprint density at radius 2 is 2.08 bits per heavy atom. The molecule has 1 saturated carbocycles. The molecule has 1 amide bonds. The topological polar surface area (TPSA) is 51.7 Å². The quantitative estimate of drug-likeness (QED) is 0.848. The number of alkyl halides is 2. The summed E-state index contributed by atoms with van der Waals surface area (Å²) in [4.78, 5) is 18.0. The van der Waals surface area contributed by atoms with Gasteiger partial charge in [-0.2, -0.15) is 0 Å². The standard InChI is InChI=1S/C17H20F2N2O3/c18-17(19)7-12(8-17)15(22)21-10-16(11-21)9-13(4-6-23-16)24-14-3-1-2-5-20-14/h1-3,5,12-13H,4,6-11H2/t13-/m1/s1. The van der Waals surface area contributed by atoms with Crippen LogP contribution in [0.15, 0.2) is 24.4 Å². The van der Waals surface area contributed by atoms with Crippen LogP contribution in [-0.4, -0.2) is 53.1 Å². The maximum absolute atomic E-state index is 12.9. The zero-order valence-corrected chi connectivity index (χ0v) is 13.3. The lowest BCUT2D eigenvalue weighted by Gasteiger charge is -2.54. The van der Waals surface area contributed by atoms with Crippen LogP contribution in [0.25, 0.3) is 0 Å². The molecule has 1 spiro atoms. The second-order valence-electron chi connectivity index (χ2n) is 7.09. The highest BCUT2D eigenvalue weighted by atomic mass is 19.3. The molecule has 1 aliphatic carbocycles. The van der Waals surface area contributed by atoms with E-state index in [0.29, 0.717) is 32.0 Å². The Balaban J connectivity index is 1.30. The molecule has 5 nitrogen and oxygen atoms in total. The second kappa shape index (κ2) is 5.65. The van der Waals surface area contributed by atoms with Crippen molar-refractivity contribution in [1.29, 1.82) is 0 Å². The van der Waals surface area contributed by atoms with Gasteiger partial charge in [0.15, 0.2) is 0 Å². The largest absolute Gasteiger partial charge is 0.474 e. The number of carbonyl (C=O) groups excluding carboxylic acids is 1. The highest BCUT2D eigenvalue weighted by molar-refractivity contribution is 5.81. The lowest BCUT2D eigenvalue weighted by molar-refractivity contribution is -0.204. The number of hydrogen-bond acceptors (Lipinski definition) is 4. The molecule has 3 fully saturated rings. The number of likely N-dealkylation sites (tertiary alicyclic amines) is 1. The van der Waals surface area contributed by atoms with Crippen LogP contribution in [0.5, 0.6) is 5.88 Å². The number of aromatic nitrogens is 1. The van der Waals surface area contributed by atoms with Crippen molar-refractivity contribution in [2.24, 2.45) is 5.92 Å². The summed E-state index contributed by atoms with van der Waals surface area (Å²) in [6.07, 6.45) is 2.51. The highest BCUT2D eigenvalue weighted by Crippen LogP contribution is 2.45. The average molecular weight is 338 g/mol. The molecule has 4 rings (SSSR count). The third-order valence-electron chi connectivity index (χ3n) is 5.08. The van der Waals surface area contributed by atoms with Gasteiger partial charge in [0, 0.05) is 43.9 Å². The summed E-state index contributed by atoms with van der Waals surface area (Å²) in [5.41, 5.74) is -0.389. The molecule has 0 unspecified atom stereocenters. The van der Waals surface area contributed by atoms with Crippen LogP contribution in [-0.2, 0) is 9.53 Å². The Morgan fingerprint density at radius 3 is 2.75 bits per heavy atom. The highest BCUT2D eigenvalue weighted by Gasteiger charge is 2.55. The molecular weight excluding hydrogens is 318 g/mol. The van der Waals surface area contributed by atoms with Crippen LogP contribution >= 0.6 is 0 Å². The first-order valence-corrected chi connectivity index (χ1v) is 8.33. The lowest BCUT2D eigenvalue weighted by Crippen LogP contribution is -2.69. The van der Waals surface area contributed by atoms with E-state index in [9.17, 15) is 13.6 Å². The molecular formula is C17H20F2N2O3. The first-order chi connectivity index (χ1) is 11.4. The number of nitrogens with zero attached hydrogens (tertiary/aromatic N) is 2. The SMILES string of the molecule is O=C(C1CC(F)(F)C1)N1CC2(C[C@H](Oc3ccccn3)CCO2)C1. The summed E-state index contributed by atoms with van der Waals surface area (Å²) in [5, 5.41) is 0. The summed E-state index contributed by atoms with van der Waals surface area (Å²) in [6, 6.07) is 5.52. The van der Waals surface area contributed by atoms with Crippen molar-refractivity contribution in [3.63, 3.8) is 0 Å². The van der Waals surface area contributed by atoms with Crippen LogP contribution in [0.1, 0.15) is 25.7 Å². The maximum Gasteiger partial charge on any atom is 0.249 e. The van der Waals surface area contributed by atoms with E-state index in [1.54, 1.807) is 11.1 Å². The monoisotopic (exact) mass is 338 g/mol. The first kappa shape index (κ1) is 15.7. The number of pyridine rings is 1. The molecule has 0 N–H and O–H groups in total. The van der Waals surface area contributed by atoms with E-state index in [1.807, 2.05) is 18.2 Å². The van der Waals surface area contributed by atoms with Gasteiger partial charge in [-0.3, -0.25) is 4.79 Å². The minimum atomic E-state index is -2.66. The fraction of sp³-hybridized carbons (Fsp3) is 0.647. The van der Waals surface area contributed by atoms with Crippen LogP contribution in [0.4, 0.5) is 8.78 Å². The van der Waals surface area contributed by atoms with Gasteiger partial charge in [-0.05, 0) is 6.07 Å². The van der Waals surface area contributed by atoms with Crippen LogP contribution in [0.3, 0.4) is 0 Å². The van der Waals surface area contributed by atoms with Crippen LogP contribution < -0.4 is 4.74 Å². The van der Waals surface area contributed by atoms with Gasteiger partial charge in [0.25, 0.3) is 0 Å². The van der Waals surface area contributed by atoms with Gasteiger partial charge in [0.05, 0.1) is 19.7 Å². The van der Waals surface area contributed by atoms with Gasteiger partial charge >= 0.3 is 0 Å². The normalized spacial score (nSPS) is 28.1. The van der Waals surface area contributed by atoms with Crippen molar-refractivity contribution in [2.75, 3.05) is 19.7 Å². The molecule has 0 aromatic carbocycles. The number of hydrogen-bond donors (Lipinski definition) is 0. The number of ether oxygens (including phenoxy) is 2. The number of halogens is 2. The van der Waals surface area contributed by atoms with E-state index in [1.165, 1.54) is 0 Å². The van der Waals surface area contributed by atoms with Crippen molar-refractivity contribution >= 4 is 5.91 Å². The molecule has 1 atom stereocenters. The summed E-state index contributed by atoms with van der Waals surface area (Å²) in [5.74, 6) is -2.76. The van der Waals surface area contributed by atoms with E-state index < -0.39 is 11.8 Å². The summed E-state index contributed by atoms with van der Waals surface area (Å²) < 4.78 is 37.6. The van der Waals surface area contributed by atoms with Crippen molar-refractivity contribution in [3.05, 3.63) is 24.4 Å². The second-order valence-corrected chi connectivity index (χ2v) is 7.09. The fourth-order valence-electron chi connectivity index (χ4n) is 3.79. The number of carbonyl (C=O) groups is 1. The zero-order valence-electron chi connectivity index (χ0n) is 13.3. The Morgan fingerprint density at radius 1 is 1.29 bits per heavy atom. The molecule has 0 radical (unpaired) electrons. The molecule has 7 heteroatoms. The summed E-state index contributed by atoms with van der Waals surface area (Å²) >= 11 is 0. The molecule has 1 aromatic rings. The lowest BCUT2D eigenvalue weighted by atomic mass is 9.77. The molecule has 130 valence electrons. The molecule has 3 aliphatic rings. The van der Waals surface area contributed by atoms with E-state index in [-0.39, 0.29) is 30.5 Å². The Kier molecular flexibility index (Phi) is 3.71. The summed E-state index contributed by atoms with van der Waals surface area (Å²) in [6.45, 7) is 1.51. The van der Waals surface area contributed by atoms with E-state index >= 15 is 0 Å². The van der Waals surface area contributed by atoms with Gasteiger partial charge in [-0.25, -0.2) is 13.8 Å². The number of rotatable bonds is 3. The summed E-state index contributed by atoms with van der Waals surface area (Å²) in [7, 11) is 0. The van der Waals surface area contributed by atoms with Crippen molar-refractivity contribution < 1.29 is 23.0 Å². The minimum absolute atomic E-state index is 0.000983. The smallest absolute Gasteiger partial charge is 0.249 e. The predicted octanol–water partition coefficient (Wildman–Crippen LogP) is 2.27. The third kappa shape index (κ3) is 2.97. The number of amides is 1. The van der Waals surface area contributed by atoms with Gasteiger partial charge < -0.3 is 14.4 Å². The molecule has 2 saturated heterocycles. The van der Waals surface area contributed by atoms with Gasteiger partial charge in [0.1, 0.15) is 11.7 Å². The van der Waals surface area contributed by atoms with E-state index in [0.717, 1.165) is 6.42 Å². The fourth-order valence-corrected chi connectivity index (χ4v) is 3.79. The molecule has 0 bridgehead atoms. The Labute approximate surface area is 138 Å². The Bertz CT molecular complexity index is 612. The van der Waals surface area contributed by atoms with Gasteiger partial charge in [-0.15, -0.1) is 0 Å². The zero-order chi connectivity index (χ0) is 16.8. The van der Waals surface area contributed by atoms with Crippen molar-refractivity contribution in [3.8, 4) is 5.88 Å². The van der Waals surface area contributed by atoms with Crippen LogP contribution in [0.2, 0.25) is 0 Å². The third-order valence-corrected chi connectivity index (χ3v) is 5.08. The maximum atomic E-state index is 12.9. The van der Waals surface area contributed by atoms with E-state index in [4.69, 9.17) is 9.47 Å². The molecule has 3 heterocycles. The predicted molar refractivity (Wildman–Crippen MR) is 80.8 cm³/mol. The average Bonchev–Trinajstić information content (AvgIpc) is 2.51. The molecule has 24 heavy (non-hydrogen) atoms. The molecule has 1 aromatic heterocycles. The van der Waals surface area contributed by atoms with Crippen LogP contribution in [0, 0.1) is 5.92 Å². The Hall–Kier alpha value is -1.76. The van der Waals surface area contributed by atoms with Crippen molar-refractivity contribution in [1.82, 2.24) is 9.88 Å². The minimum Gasteiger partial charge on any atom is -0.474 e. The molecule has 2 aliphatic heterocycles. The van der Waals surface area contributed by atoms with E-state index in [2.05, 4.69) is 4.98 Å². The van der Waals surface area contributed by atoms with Crippen molar-refractivity contribution in [2.45, 2.75) is 43.3 Å².